The SMILES string of the molecule is c1ccc2c(c1)ccc1oc3c(N(c4ccc(-c5cccc6c5oc5ccccc56)cc4)c4ccc(-c5cccc6c5sc5ccccc56)cc4)cccc3c12. The van der Waals surface area contributed by atoms with Gasteiger partial charge in [-0.15, -0.1) is 11.3 Å². The quantitative estimate of drug-likeness (QED) is 0.176. The van der Waals surface area contributed by atoms with Crippen LogP contribution in [0, 0.1) is 0 Å². The number of hydrogen-bond donors (Lipinski definition) is 0. The van der Waals surface area contributed by atoms with Crippen LogP contribution in [0.15, 0.2) is 197 Å². The first-order chi connectivity index (χ1) is 27.8. The largest absolute Gasteiger partial charge is 0.455 e. The monoisotopic (exact) mass is 733 g/mol. The third kappa shape index (κ3) is 4.70. The first-order valence-corrected chi connectivity index (χ1v) is 19.7. The summed E-state index contributed by atoms with van der Waals surface area (Å²) in [6, 6.07) is 67.1. The zero-order valence-electron chi connectivity index (χ0n) is 30.1. The molecule has 0 fully saturated rings. The fourth-order valence-corrected chi connectivity index (χ4v) is 9.92. The van der Waals surface area contributed by atoms with Gasteiger partial charge >= 0.3 is 0 Å². The Kier molecular flexibility index (Phi) is 6.80. The Morgan fingerprint density at radius 2 is 0.982 bits per heavy atom. The van der Waals surface area contributed by atoms with E-state index in [2.05, 4.69) is 181 Å². The standard InChI is InChI=1S/C52H31NO2S/c1-2-11-37-32(10-1)26-31-47-49(37)44-18-9-19-45(51(44)55-47)53(35-27-22-33(23-28-35)38-14-7-16-42-40-12-3-5-20-46(40)54-50(38)42)36-29-24-34(25-30-36)39-15-8-17-43-41-13-4-6-21-48(41)56-52(39)43/h1-31H. The highest BCUT2D eigenvalue weighted by atomic mass is 32.1. The Morgan fingerprint density at radius 3 is 1.80 bits per heavy atom. The molecule has 3 nitrogen and oxygen atoms in total. The summed E-state index contributed by atoms with van der Waals surface area (Å²) in [6.45, 7) is 0. The highest BCUT2D eigenvalue weighted by molar-refractivity contribution is 7.26. The first kappa shape index (κ1) is 31.2. The second-order valence-corrected chi connectivity index (χ2v) is 15.5. The number of nitrogens with zero attached hydrogens (tertiary/aromatic N) is 1. The summed E-state index contributed by atoms with van der Waals surface area (Å²) in [5.74, 6) is 0. The molecule has 0 atom stereocenters. The summed E-state index contributed by atoms with van der Waals surface area (Å²) in [6.07, 6.45) is 0. The Bertz CT molecular complexity index is 3320. The molecule has 262 valence electrons. The summed E-state index contributed by atoms with van der Waals surface area (Å²) in [5.41, 5.74) is 11.2. The van der Waals surface area contributed by atoms with E-state index in [1.54, 1.807) is 0 Å². The van der Waals surface area contributed by atoms with Crippen LogP contribution in [0.4, 0.5) is 17.1 Å². The molecule has 0 saturated heterocycles. The molecule has 0 spiro atoms. The third-order valence-corrected chi connectivity index (χ3v) is 12.5. The van der Waals surface area contributed by atoms with Gasteiger partial charge in [-0.1, -0.05) is 140 Å². The van der Waals surface area contributed by atoms with Crippen molar-refractivity contribution in [2.45, 2.75) is 0 Å². The molecule has 0 aliphatic rings. The molecule has 12 rings (SSSR count). The van der Waals surface area contributed by atoms with Crippen molar-refractivity contribution < 1.29 is 8.83 Å². The van der Waals surface area contributed by atoms with E-state index in [0.717, 1.165) is 72.1 Å². The van der Waals surface area contributed by atoms with Gasteiger partial charge in [0.25, 0.3) is 0 Å². The van der Waals surface area contributed by atoms with Crippen LogP contribution in [-0.2, 0) is 0 Å². The summed E-state index contributed by atoms with van der Waals surface area (Å²) in [4.78, 5) is 2.32. The van der Waals surface area contributed by atoms with Gasteiger partial charge in [0.1, 0.15) is 16.7 Å². The smallest absolute Gasteiger partial charge is 0.159 e. The summed E-state index contributed by atoms with van der Waals surface area (Å²) < 4.78 is 15.9. The lowest BCUT2D eigenvalue weighted by molar-refractivity contribution is 0.669. The number of furan rings is 2. The molecule has 0 amide bonds. The van der Waals surface area contributed by atoms with Gasteiger partial charge in [-0.3, -0.25) is 0 Å². The van der Waals surface area contributed by atoms with Crippen molar-refractivity contribution in [3.05, 3.63) is 188 Å². The van der Waals surface area contributed by atoms with Crippen LogP contribution < -0.4 is 4.90 Å². The van der Waals surface area contributed by atoms with Gasteiger partial charge < -0.3 is 13.7 Å². The van der Waals surface area contributed by atoms with E-state index in [9.17, 15) is 0 Å². The van der Waals surface area contributed by atoms with Crippen LogP contribution in [0.2, 0.25) is 0 Å². The average Bonchev–Trinajstić information content (AvgIpc) is 3.96. The molecule has 56 heavy (non-hydrogen) atoms. The molecular formula is C52H31NO2S. The van der Waals surface area contributed by atoms with Crippen molar-refractivity contribution in [3.63, 3.8) is 0 Å². The predicted molar refractivity (Wildman–Crippen MR) is 237 cm³/mol. The van der Waals surface area contributed by atoms with Crippen molar-refractivity contribution in [1.29, 1.82) is 0 Å². The molecule has 12 aromatic rings. The minimum atomic E-state index is 0.856. The lowest BCUT2D eigenvalue weighted by atomic mass is 10.0. The lowest BCUT2D eigenvalue weighted by Gasteiger charge is -2.26. The summed E-state index contributed by atoms with van der Waals surface area (Å²) in [5, 5.41) is 9.49. The fraction of sp³-hybridized carbons (Fsp3) is 0. The van der Waals surface area contributed by atoms with Crippen LogP contribution in [0.5, 0.6) is 0 Å². The second-order valence-electron chi connectivity index (χ2n) is 14.4. The molecule has 0 aliphatic carbocycles. The van der Waals surface area contributed by atoms with Crippen molar-refractivity contribution in [2.75, 3.05) is 4.90 Å². The Morgan fingerprint density at radius 1 is 0.375 bits per heavy atom. The van der Waals surface area contributed by atoms with Crippen molar-refractivity contribution in [3.8, 4) is 22.3 Å². The molecule has 0 N–H and O–H groups in total. The number of anilines is 3. The molecule has 0 unspecified atom stereocenters. The van der Waals surface area contributed by atoms with E-state index in [1.807, 2.05) is 23.5 Å². The van der Waals surface area contributed by atoms with Crippen LogP contribution >= 0.6 is 11.3 Å². The minimum absolute atomic E-state index is 0.856. The molecule has 0 aliphatic heterocycles. The number of thiophene rings is 1. The van der Waals surface area contributed by atoms with Gasteiger partial charge in [-0.05, 0) is 76.0 Å². The van der Waals surface area contributed by atoms with Gasteiger partial charge in [0.2, 0.25) is 0 Å². The van der Waals surface area contributed by atoms with Crippen LogP contribution in [-0.4, -0.2) is 0 Å². The molecule has 0 bridgehead atoms. The maximum absolute atomic E-state index is 6.80. The maximum atomic E-state index is 6.80. The molecule has 0 saturated carbocycles. The zero-order chi connectivity index (χ0) is 36.7. The topological polar surface area (TPSA) is 29.5 Å². The molecule has 0 radical (unpaired) electrons. The summed E-state index contributed by atoms with van der Waals surface area (Å²) >= 11 is 1.86. The average molecular weight is 734 g/mol. The zero-order valence-corrected chi connectivity index (χ0v) is 30.9. The second kappa shape index (κ2) is 12.2. The van der Waals surface area contributed by atoms with Gasteiger partial charge in [0, 0.05) is 58.7 Å². The Labute approximate surface area is 325 Å². The minimum Gasteiger partial charge on any atom is -0.455 e. The van der Waals surface area contributed by atoms with Crippen molar-refractivity contribution in [1.82, 2.24) is 0 Å². The van der Waals surface area contributed by atoms with Crippen LogP contribution in [0.25, 0.3) is 97.1 Å². The van der Waals surface area contributed by atoms with Crippen LogP contribution in [0.1, 0.15) is 0 Å². The highest BCUT2D eigenvalue weighted by Gasteiger charge is 2.21. The number of para-hydroxylation sites is 3. The molecule has 9 aromatic carbocycles. The normalized spacial score (nSPS) is 11.9. The Balaban J connectivity index is 1.03. The van der Waals surface area contributed by atoms with Gasteiger partial charge in [0.05, 0.1) is 5.69 Å². The lowest BCUT2D eigenvalue weighted by Crippen LogP contribution is -2.10. The molecule has 3 aromatic heterocycles. The van der Waals surface area contributed by atoms with Crippen molar-refractivity contribution >= 4 is 103 Å². The van der Waals surface area contributed by atoms with E-state index in [0.29, 0.717) is 0 Å². The third-order valence-electron chi connectivity index (χ3n) is 11.3. The van der Waals surface area contributed by atoms with E-state index in [1.165, 1.54) is 42.1 Å². The van der Waals surface area contributed by atoms with E-state index < -0.39 is 0 Å². The van der Waals surface area contributed by atoms with E-state index >= 15 is 0 Å². The number of rotatable bonds is 5. The number of fused-ring (bicyclic) bond motifs is 11. The van der Waals surface area contributed by atoms with Crippen molar-refractivity contribution in [2.24, 2.45) is 0 Å². The van der Waals surface area contributed by atoms with Gasteiger partial charge in [0.15, 0.2) is 5.58 Å². The Hall–Kier alpha value is -7.14. The highest BCUT2D eigenvalue weighted by Crippen LogP contribution is 2.46. The van der Waals surface area contributed by atoms with Gasteiger partial charge in [-0.2, -0.15) is 0 Å². The molecule has 4 heteroatoms. The van der Waals surface area contributed by atoms with E-state index in [4.69, 9.17) is 8.83 Å². The summed E-state index contributed by atoms with van der Waals surface area (Å²) in [7, 11) is 0. The van der Waals surface area contributed by atoms with Crippen LogP contribution in [0.3, 0.4) is 0 Å². The van der Waals surface area contributed by atoms with Gasteiger partial charge in [-0.25, -0.2) is 0 Å². The maximum Gasteiger partial charge on any atom is 0.159 e. The van der Waals surface area contributed by atoms with E-state index in [-0.39, 0.29) is 0 Å². The first-order valence-electron chi connectivity index (χ1n) is 18.9. The number of benzene rings is 9. The molecule has 3 heterocycles. The number of hydrogen-bond acceptors (Lipinski definition) is 4. The fourth-order valence-electron chi connectivity index (χ4n) is 8.69. The molecular weight excluding hydrogens is 703 g/mol. The predicted octanol–water partition coefficient (Wildman–Crippen LogP) is 15.8.